The molecule has 2 aromatic carbocycles. The zero-order chi connectivity index (χ0) is 22.8. The number of aryl methyl sites for hydroxylation is 1. The number of carbonyl (C=O) groups excluding carboxylic acids is 1. The Kier molecular flexibility index (Phi) is 8.74. The maximum Gasteiger partial charge on any atom is 0.232 e. The topological polar surface area (TPSA) is 78.3 Å². The average molecular weight is 453 g/mol. The van der Waals surface area contributed by atoms with E-state index in [2.05, 4.69) is 29.0 Å². The fraction of sp³-hybridized carbons (Fsp3) is 0.292. The van der Waals surface area contributed by atoms with Crippen LogP contribution in [0.1, 0.15) is 18.3 Å². The molecule has 0 aliphatic heterocycles. The molecule has 0 saturated heterocycles. The van der Waals surface area contributed by atoms with Gasteiger partial charge in [0.25, 0.3) is 0 Å². The molecule has 7 nitrogen and oxygen atoms in total. The summed E-state index contributed by atoms with van der Waals surface area (Å²) in [6, 6.07) is 15.3. The Bertz CT molecular complexity index is 1050. The summed E-state index contributed by atoms with van der Waals surface area (Å²) in [4.78, 5) is 12.6. The molecule has 0 bridgehead atoms. The van der Waals surface area contributed by atoms with Crippen LogP contribution in [0.25, 0.3) is 0 Å². The molecule has 0 saturated carbocycles. The molecular weight excluding hydrogens is 424 g/mol. The van der Waals surface area contributed by atoms with Gasteiger partial charge in [0.05, 0.1) is 20.1 Å². The van der Waals surface area contributed by atoms with Crippen molar-refractivity contribution >= 4 is 23.4 Å². The van der Waals surface area contributed by atoms with Gasteiger partial charge in [0.15, 0.2) is 16.7 Å². The Hall–Kier alpha value is -3.26. The van der Waals surface area contributed by atoms with Gasteiger partial charge in [-0.15, -0.1) is 16.8 Å². The number of benzene rings is 2. The van der Waals surface area contributed by atoms with Gasteiger partial charge in [-0.1, -0.05) is 55.1 Å². The van der Waals surface area contributed by atoms with Gasteiger partial charge < -0.3 is 19.4 Å². The molecular formula is C24H28N4O3S. The van der Waals surface area contributed by atoms with Crippen LogP contribution < -0.4 is 14.8 Å². The van der Waals surface area contributed by atoms with Crippen LogP contribution >= 0.6 is 11.8 Å². The molecule has 3 rings (SSSR count). The van der Waals surface area contributed by atoms with Crippen molar-refractivity contribution in [1.82, 2.24) is 14.8 Å². The van der Waals surface area contributed by atoms with Crippen LogP contribution in [0.5, 0.6) is 11.5 Å². The molecule has 168 valence electrons. The number of amides is 1. The number of aromatic nitrogens is 3. The SMILES string of the molecule is C=CCn1c(CC(=O)Nc2ccccc2CC)nnc1SCCOc1ccccc1OC. The summed E-state index contributed by atoms with van der Waals surface area (Å²) in [7, 11) is 1.62. The number of allylic oxidation sites excluding steroid dienone is 1. The molecule has 0 aliphatic rings. The fourth-order valence-corrected chi connectivity index (χ4v) is 3.96. The summed E-state index contributed by atoms with van der Waals surface area (Å²) >= 11 is 1.52. The van der Waals surface area contributed by atoms with Crippen molar-refractivity contribution in [2.45, 2.75) is 31.5 Å². The summed E-state index contributed by atoms with van der Waals surface area (Å²) in [6.45, 7) is 6.89. The van der Waals surface area contributed by atoms with Gasteiger partial charge in [-0.05, 0) is 30.2 Å². The monoisotopic (exact) mass is 452 g/mol. The second kappa shape index (κ2) is 12.0. The lowest BCUT2D eigenvalue weighted by Gasteiger charge is -2.11. The smallest absolute Gasteiger partial charge is 0.232 e. The molecule has 32 heavy (non-hydrogen) atoms. The van der Waals surface area contributed by atoms with Crippen LogP contribution in [0.4, 0.5) is 5.69 Å². The van der Waals surface area contributed by atoms with E-state index in [9.17, 15) is 4.79 Å². The van der Waals surface area contributed by atoms with Gasteiger partial charge in [-0.3, -0.25) is 4.79 Å². The molecule has 1 amide bonds. The third kappa shape index (κ3) is 6.13. The number of hydrogen-bond donors (Lipinski definition) is 1. The summed E-state index contributed by atoms with van der Waals surface area (Å²) in [5.41, 5.74) is 1.93. The van der Waals surface area contributed by atoms with Crippen LogP contribution in [0.2, 0.25) is 0 Å². The lowest BCUT2D eigenvalue weighted by Crippen LogP contribution is -2.18. The molecule has 8 heteroatoms. The first kappa shape index (κ1) is 23.4. The number of nitrogens with one attached hydrogen (secondary N) is 1. The first-order chi connectivity index (χ1) is 15.7. The lowest BCUT2D eigenvalue weighted by atomic mass is 10.1. The quantitative estimate of drug-likeness (QED) is 0.250. The number of thioether (sulfide) groups is 1. The third-order valence-corrected chi connectivity index (χ3v) is 5.67. The Morgan fingerprint density at radius 3 is 2.66 bits per heavy atom. The molecule has 1 N–H and O–H groups in total. The van der Waals surface area contributed by atoms with Crippen molar-refractivity contribution in [3.05, 3.63) is 72.6 Å². The highest BCUT2D eigenvalue weighted by molar-refractivity contribution is 7.99. The zero-order valence-electron chi connectivity index (χ0n) is 18.4. The van der Waals surface area contributed by atoms with E-state index in [1.807, 2.05) is 53.1 Å². The fourth-order valence-electron chi connectivity index (χ4n) is 3.18. The largest absolute Gasteiger partial charge is 0.493 e. The number of anilines is 1. The van der Waals surface area contributed by atoms with Crippen LogP contribution in [0, 0.1) is 0 Å². The molecule has 0 radical (unpaired) electrons. The maximum absolute atomic E-state index is 12.6. The van der Waals surface area contributed by atoms with Crippen molar-refractivity contribution in [1.29, 1.82) is 0 Å². The normalized spacial score (nSPS) is 10.6. The Morgan fingerprint density at radius 1 is 1.16 bits per heavy atom. The number of hydrogen-bond acceptors (Lipinski definition) is 6. The Labute approximate surface area is 192 Å². The molecule has 3 aromatic rings. The Morgan fingerprint density at radius 2 is 1.91 bits per heavy atom. The molecule has 0 spiro atoms. The van der Waals surface area contributed by atoms with Gasteiger partial charge in [0.1, 0.15) is 5.82 Å². The number of ether oxygens (including phenoxy) is 2. The van der Waals surface area contributed by atoms with Gasteiger partial charge in [-0.25, -0.2) is 0 Å². The van der Waals surface area contributed by atoms with E-state index < -0.39 is 0 Å². The van der Waals surface area contributed by atoms with E-state index in [1.54, 1.807) is 13.2 Å². The lowest BCUT2D eigenvalue weighted by molar-refractivity contribution is -0.115. The average Bonchev–Trinajstić information content (AvgIpc) is 3.18. The highest BCUT2D eigenvalue weighted by Crippen LogP contribution is 2.26. The van der Waals surface area contributed by atoms with Crippen LogP contribution in [0.15, 0.2) is 66.3 Å². The zero-order valence-corrected chi connectivity index (χ0v) is 19.2. The molecule has 1 heterocycles. The highest BCUT2D eigenvalue weighted by Gasteiger charge is 2.16. The van der Waals surface area contributed by atoms with Gasteiger partial charge in [0, 0.05) is 18.0 Å². The van der Waals surface area contributed by atoms with Gasteiger partial charge in [0.2, 0.25) is 5.91 Å². The minimum atomic E-state index is -0.125. The second-order valence-corrected chi connectivity index (χ2v) is 7.94. The number of para-hydroxylation sites is 3. The standard InChI is InChI=1S/C24H28N4O3S/c1-4-14-28-22(17-23(29)25-19-11-7-6-10-18(19)5-2)26-27-24(28)32-16-15-31-21-13-9-8-12-20(21)30-3/h4,6-13H,1,5,14-17H2,2-3H3,(H,25,29). The predicted octanol–water partition coefficient (Wildman–Crippen LogP) is 4.39. The number of nitrogens with zero attached hydrogens (tertiary/aromatic N) is 3. The first-order valence-electron chi connectivity index (χ1n) is 10.5. The number of rotatable bonds is 12. The minimum absolute atomic E-state index is 0.125. The minimum Gasteiger partial charge on any atom is -0.493 e. The predicted molar refractivity (Wildman–Crippen MR) is 128 cm³/mol. The molecule has 0 unspecified atom stereocenters. The molecule has 0 aliphatic carbocycles. The number of carbonyl (C=O) groups is 1. The summed E-state index contributed by atoms with van der Waals surface area (Å²) in [5, 5.41) is 12.2. The molecule has 1 aromatic heterocycles. The van der Waals surface area contributed by atoms with Crippen molar-refractivity contribution in [2.75, 3.05) is 24.8 Å². The van der Waals surface area contributed by atoms with Crippen molar-refractivity contribution < 1.29 is 14.3 Å². The van der Waals surface area contributed by atoms with E-state index in [-0.39, 0.29) is 12.3 Å². The Balaban J connectivity index is 1.59. The van der Waals surface area contributed by atoms with Crippen LogP contribution in [-0.4, -0.2) is 40.1 Å². The first-order valence-corrected chi connectivity index (χ1v) is 11.4. The third-order valence-electron chi connectivity index (χ3n) is 4.74. The van der Waals surface area contributed by atoms with Gasteiger partial charge >= 0.3 is 0 Å². The van der Waals surface area contributed by atoms with Crippen molar-refractivity contribution in [2.24, 2.45) is 0 Å². The van der Waals surface area contributed by atoms with Crippen LogP contribution in [0.3, 0.4) is 0 Å². The molecule has 0 fully saturated rings. The van der Waals surface area contributed by atoms with Crippen molar-refractivity contribution in [3.8, 4) is 11.5 Å². The summed E-state index contributed by atoms with van der Waals surface area (Å²) in [6.07, 6.45) is 2.75. The van der Waals surface area contributed by atoms with E-state index in [0.29, 0.717) is 36.2 Å². The van der Waals surface area contributed by atoms with Crippen LogP contribution in [-0.2, 0) is 24.2 Å². The van der Waals surface area contributed by atoms with E-state index in [0.717, 1.165) is 22.8 Å². The second-order valence-electron chi connectivity index (χ2n) is 6.88. The van der Waals surface area contributed by atoms with E-state index in [1.165, 1.54) is 11.8 Å². The van der Waals surface area contributed by atoms with Crippen molar-refractivity contribution in [3.63, 3.8) is 0 Å². The van der Waals surface area contributed by atoms with E-state index >= 15 is 0 Å². The summed E-state index contributed by atoms with van der Waals surface area (Å²) in [5.74, 6) is 2.55. The summed E-state index contributed by atoms with van der Waals surface area (Å²) < 4.78 is 13.0. The van der Waals surface area contributed by atoms with E-state index in [4.69, 9.17) is 9.47 Å². The van der Waals surface area contributed by atoms with Gasteiger partial charge in [-0.2, -0.15) is 0 Å². The maximum atomic E-state index is 12.6. The highest BCUT2D eigenvalue weighted by atomic mass is 32.2. The molecule has 0 atom stereocenters. The number of methoxy groups -OCH3 is 1.